The number of aromatic nitrogens is 1. The van der Waals surface area contributed by atoms with Crippen molar-refractivity contribution in [2.45, 2.75) is 46.2 Å². The maximum absolute atomic E-state index is 6.12. The van der Waals surface area contributed by atoms with Crippen molar-refractivity contribution in [3.8, 4) is 5.75 Å². The molecule has 5 nitrogen and oxygen atoms in total. The van der Waals surface area contributed by atoms with Gasteiger partial charge in [0.05, 0.1) is 6.61 Å². The van der Waals surface area contributed by atoms with E-state index in [9.17, 15) is 0 Å². The second-order valence-electron chi connectivity index (χ2n) is 7.93. The van der Waals surface area contributed by atoms with Crippen LogP contribution in [0.4, 0.5) is 11.5 Å². The fraction of sp³-hybridized carbons (Fsp3) is 0.522. The molecule has 3 rings (SSSR count). The minimum absolute atomic E-state index is 0.434. The predicted molar refractivity (Wildman–Crippen MR) is 115 cm³/mol. The van der Waals surface area contributed by atoms with E-state index in [1.165, 1.54) is 5.56 Å². The molecular formula is C23H33N3O2. The monoisotopic (exact) mass is 383 g/mol. The van der Waals surface area contributed by atoms with Crippen LogP contribution in [0.3, 0.4) is 0 Å². The molecule has 0 unspecified atom stereocenters. The lowest BCUT2D eigenvalue weighted by molar-refractivity contribution is 0.0496. The van der Waals surface area contributed by atoms with Crippen LogP contribution in [0, 0.1) is 12.8 Å². The van der Waals surface area contributed by atoms with Crippen LogP contribution in [0.15, 0.2) is 36.5 Å². The smallest absolute Gasteiger partial charge is 0.128 e. The molecule has 5 heteroatoms. The van der Waals surface area contributed by atoms with Gasteiger partial charge in [0.15, 0.2) is 0 Å². The summed E-state index contributed by atoms with van der Waals surface area (Å²) in [7, 11) is 2.07. The number of ether oxygens (including phenoxy) is 2. The molecule has 2 heterocycles. The quantitative estimate of drug-likeness (QED) is 0.719. The number of hydrogen-bond donors (Lipinski definition) is 1. The maximum Gasteiger partial charge on any atom is 0.128 e. The average Bonchev–Trinajstić information content (AvgIpc) is 2.72. The number of nitrogens with zero attached hydrogens (tertiary/aromatic N) is 2. The van der Waals surface area contributed by atoms with E-state index in [2.05, 4.69) is 73.4 Å². The van der Waals surface area contributed by atoms with E-state index in [0.29, 0.717) is 12.0 Å². The highest BCUT2D eigenvalue weighted by Gasteiger charge is 2.15. The van der Waals surface area contributed by atoms with Gasteiger partial charge in [-0.1, -0.05) is 12.1 Å². The van der Waals surface area contributed by atoms with E-state index in [0.717, 1.165) is 62.0 Å². The number of nitrogens with one attached hydrogen (secondary N) is 1. The second kappa shape index (κ2) is 9.78. The predicted octanol–water partition coefficient (Wildman–Crippen LogP) is 4.65. The normalized spacial score (nSPS) is 14.9. The highest BCUT2D eigenvalue weighted by atomic mass is 16.5. The molecule has 0 spiro atoms. The Labute approximate surface area is 169 Å². The van der Waals surface area contributed by atoms with Crippen molar-refractivity contribution in [2.24, 2.45) is 5.92 Å². The van der Waals surface area contributed by atoms with Crippen LogP contribution in [0.5, 0.6) is 5.75 Å². The highest BCUT2D eigenvalue weighted by Crippen LogP contribution is 2.25. The molecule has 1 aliphatic rings. The van der Waals surface area contributed by atoms with Gasteiger partial charge < -0.3 is 19.7 Å². The summed E-state index contributed by atoms with van der Waals surface area (Å²) in [5.74, 6) is 2.56. The summed E-state index contributed by atoms with van der Waals surface area (Å²) in [6, 6.07) is 11.0. The summed E-state index contributed by atoms with van der Waals surface area (Å²) in [5, 5.41) is 3.48. The molecule has 0 bridgehead atoms. The van der Waals surface area contributed by atoms with Gasteiger partial charge in [-0.25, -0.2) is 4.98 Å². The molecule has 152 valence electrons. The Bertz CT molecular complexity index is 740. The zero-order valence-electron chi connectivity index (χ0n) is 17.6. The van der Waals surface area contributed by atoms with Gasteiger partial charge in [0.25, 0.3) is 0 Å². The largest absolute Gasteiger partial charge is 0.493 e. The van der Waals surface area contributed by atoms with Crippen LogP contribution in [-0.4, -0.2) is 37.9 Å². The Balaban J connectivity index is 1.55. The summed E-state index contributed by atoms with van der Waals surface area (Å²) in [4.78, 5) is 6.74. The van der Waals surface area contributed by atoms with Crippen molar-refractivity contribution in [1.29, 1.82) is 0 Å². The zero-order valence-corrected chi connectivity index (χ0v) is 17.6. The van der Waals surface area contributed by atoms with Crippen LogP contribution in [0.2, 0.25) is 0 Å². The van der Waals surface area contributed by atoms with Crippen molar-refractivity contribution in [3.63, 3.8) is 0 Å². The van der Waals surface area contributed by atoms with Crippen molar-refractivity contribution in [2.75, 3.05) is 37.1 Å². The van der Waals surface area contributed by atoms with Crippen molar-refractivity contribution in [3.05, 3.63) is 47.7 Å². The lowest BCUT2D eigenvalue weighted by Crippen LogP contribution is -2.26. The molecule has 0 aliphatic carbocycles. The van der Waals surface area contributed by atoms with Crippen molar-refractivity contribution >= 4 is 11.5 Å². The number of rotatable bonds is 8. The fourth-order valence-electron chi connectivity index (χ4n) is 3.18. The molecule has 1 saturated heterocycles. The van der Waals surface area contributed by atoms with Gasteiger partial charge in [-0.15, -0.1) is 0 Å². The van der Waals surface area contributed by atoms with Crippen LogP contribution in [0.1, 0.15) is 37.8 Å². The third-order valence-corrected chi connectivity index (χ3v) is 5.45. The third-order valence-electron chi connectivity index (χ3n) is 5.45. The molecule has 1 aromatic carbocycles. The van der Waals surface area contributed by atoms with Crippen molar-refractivity contribution in [1.82, 2.24) is 4.98 Å². The molecule has 0 radical (unpaired) electrons. The Kier molecular flexibility index (Phi) is 7.15. The number of aryl methyl sites for hydroxylation is 1. The van der Waals surface area contributed by atoms with Crippen LogP contribution in [-0.2, 0) is 11.3 Å². The molecule has 1 N–H and O–H groups in total. The highest BCUT2D eigenvalue weighted by molar-refractivity contribution is 5.52. The standard InChI is InChI=1S/C23H33N3O2/c1-17(2)26(4)23-8-6-20(15-25-23)14-24-21-7-5-18(3)22(13-21)28-16-19-9-11-27-12-10-19/h5-8,13,15,17,19,24H,9-12,14,16H2,1-4H3. The SMILES string of the molecule is Cc1ccc(NCc2ccc(N(C)C(C)C)nc2)cc1OCC1CCOCC1. The van der Waals surface area contributed by atoms with E-state index in [1.807, 2.05) is 6.20 Å². The summed E-state index contributed by atoms with van der Waals surface area (Å²) in [6.07, 6.45) is 4.12. The van der Waals surface area contributed by atoms with E-state index in [4.69, 9.17) is 9.47 Å². The average molecular weight is 384 g/mol. The number of benzene rings is 1. The van der Waals surface area contributed by atoms with Gasteiger partial charge >= 0.3 is 0 Å². The topological polar surface area (TPSA) is 46.6 Å². The first-order chi connectivity index (χ1) is 13.5. The van der Waals surface area contributed by atoms with Gasteiger partial charge in [0.2, 0.25) is 0 Å². The minimum atomic E-state index is 0.434. The lowest BCUT2D eigenvalue weighted by Gasteiger charge is -2.23. The fourth-order valence-corrected chi connectivity index (χ4v) is 3.18. The van der Waals surface area contributed by atoms with Gasteiger partial charge in [0.1, 0.15) is 11.6 Å². The maximum atomic E-state index is 6.12. The zero-order chi connectivity index (χ0) is 19.9. The molecule has 28 heavy (non-hydrogen) atoms. The van der Waals surface area contributed by atoms with E-state index < -0.39 is 0 Å². The number of hydrogen-bond acceptors (Lipinski definition) is 5. The Morgan fingerprint density at radius 2 is 2.00 bits per heavy atom. The first-order valence-electron chi connectivity index (χ1n) is 10.3. The molecule has 1 aromatic heterocycles. The summed E-state index contributed by atoms with van der Waals surface area (Å²) >= 11 is 0. The molecule has 0 amide bonds. The summed E-state index contributed by atoms with van der Waals surface area (Å²) in [6.45, 7) is 9.63. The molecular weight excluding hydrogens is 350 g/mol. The van der Waals surface area contributed by atoms with Crippen LogP contribution in [0.25, 0.3) is 0 Å². The molecule has 1 fully saturated rings. The minimum Gasteiger partial charge on any atom is -0.493 e. The van der Waals surface area contributed by atoms with Gasteiger partial charge in [-0.05, 0) is 62.8 Å². The Morgan fingerprint density at radius 1 is 1.21 bits per heavy atom. The first-order valence-corrected chi connectivity index (χ1v) is 10.3. The van der Waals surface area contributed by atoms with Crippen molar-refractivity contribution < 1.29 is 9.47 Å². The number of anilines is 2. The Morgan fingerprint density at radius 3 is 2.68 bits per heavy atom. The van der Waals surface area contributed by atoms with Crippen LogP contribution < -0.4 is 15.0 Å². The molecule has 2 aromatic rings. The van der Waals surface area contributed by atoms with Crippen LogP contribution >= 0.6 is 0 Å². The Hall–Kier alpha value is -2.27. The van der Waals surface area contributed by atoms with Gasteiger partial charge in [0, 0.05) is 50.8 Å². The lowest BCUT2D eigenvalue weighted by atomic mass is 10.0. The van der Waals surface area contributed by atoms with Gasteiger partial charge in [-0.3, -0.25) is 0 Å². The van der Waals surface area contributed by atoms with E-state index in [-0.39, 0.29) is 0 Å². The second-order valence-corrected chi connectivity index (χ2v) is 7.93. The molecule has 0 saturated carbocycles. The molecule has 0 atom stereocenters. The molecule has 1 aliphatic heterocycles. The van der Waals surface area contributed by atoms with Gasteiger partial charge in [-0.2, -0.15) is 0 Å². The third kappa shape index (κ3) is 5.61. The first kappa shape index (κ1) is 20.5. The van der Waals surface area contributed by atoms with E-state index >= 15 is 0 Å². The van der Waals surface area contributed by atoms with E-state index in [1.54, 1.807) is 0 Å². The summed E-state index contributed by atoms with van der Waals surface area (Å²) < 4.78 is 11.5. The number of pyridine rings is 1. The summed E-state index contributed by atoms with van der Waals surface area (Å²) in [5.41, 5.74) is 3.39.